The number of para-hydroxylation sites is 1. The van der Waals surface area contributed by atoms with Gasteiger partial charge in [0.2, 0.25) is 0 Å². The molecule has 0 aliphatic heterocycles. The number of carbonyl (C=O) groups excluding carboxylic acids is 1. The SMILES string of the molecule is CC(C)(C)c1ccc(OCC(=O)NN=Cc2ccccc2OCC(=O)O)cc1. The van der Waals surface area contributed by atoms with E-state index >= 15 is 0 Å². The second-order valence-corrected chi connectivity index (χ2v) is 7.08. The smallest absolute Gasteiger partial charge is 0.341 e. The lowest BCUT2D eigenvalue weighted by molar-refractivity contribution is -0.139. The third-order valence-corrected chi connectivity index (χ3v) is 3.75. The zero-order valence-corrected chi connectivity index (χ0v) is 16.1. The van der Waals surface area contributed by atoms with Gasteiger partial charge < -0.3 is 14.6 Å². The summed E-state index contributed by atoms with van der Waals surface area (Å²) in [7, 11) is 0. The van der Waals surface area contributed by atoms with Gasteiger partial charge in [0, 0.05) is 5.56 Å². The number of hydrazone groups is 1. The second kappa shape index (κ2) is 9.55. The van der Waals surface area contributed by atoms with Crippen molar-refractivity contribution in [2.75, 3.05) is 13.2 Å². The van der Waals surface area contributed by atoms with Gasteiger partial charge in [-0.15, -0.1) is 0 Å². The molecule has 0 saturated carbocycles. The Kier molecular flexibility index (Phi) is 7.14. The molecule has 2 rings (SSSR count). The average Bonchev–Trinajstić information content (AvgIpc) is 2.65. The summed E-state index contributed by atoms with van der Waals surface area (Å²) in [5, 5.41) is 12.5. The highest BCUT2D eigenvalue weighted by molar-refractivity contribution is 5.85. The fraction of sp³-hybridized carbons (Fsp3) is 0.286. The van der Waals surface area contributed by atoms with Crippen LogP contribution in [0.4, 0.5) is 0 Å². The van der Waals surface area contributed by atoms with Gasteiger partial charge in [-0.2, -0.15) is 5.10 Å². The van der Waals surface area contributed by atoms with Crippen molar-refractivity contribution < 1.29 is 24.2 Å². The summed E-state index contributed by atoms with van der Waals surface area (Å²) in [6, 6.07) is 14.4. The van der Waals surface area contributed by atoms with Crippen molar-refractivity contribution in [1.82, 2.24) is 5.43 Å². The van der Waals surface area contributed by atoms with E-state index in [2.05, 4.69) is 31.3 Å². The van der Waals surface area contributed by atoms with Crippen molar-refractivity contribution >= 4 is 18.1 Å². The Morgan fingerprint density at radius 3 is 2.36 bits per heavy atom. The molecule has 0 atom stereocenters. The van der Waals surface area contributed by atoms with Gasteiger partial charge in [-0.3, -0.25) is 4.79 Å². The van der Waals surface area contributed by atoms with Crippen LogP contribution in [0, 0.1) is 0 Å². The third-order valence-electron chi connectivity index (χ3n) is 3.75. The number of amides is 1. The van der Waals surface area contributed by atoms with Gasteiger partial charge in [0.15, 0.2) is 13.2 Å². The van der Waals surface area contributed by atoms with E-state index in [-0.39, 0.29) is 12.0 Å². The lowest BCUT2D eigenvalue weighted by atomic mass is 9.87. The molecular weight excluding hydrogens is 360 g/mol. The number of carboxylic acid groups (broad SMARTS) is 1. The molecule has 0 bridgehead atoms. The average molecular weight is 384 g/mol. The van der Waals surface area contributed by atoms with E-state index in [0.29, 0.717) is 17.1 Å². The third kappa shape index (κ3) is 6.75. The number of nitrogens with zero attached hydrogens (tertiary/aromatic N) is 1. The van der Waals surface area contributed by atoms with Crippen LogP contribution in [0.2, 0.25) is 0 Å². The molecule has 0 radical (unpaired) electrons. The Labute approximate surface area is 164 Å². The van der Waals surface area contributed by atoms with E-state index in [9.17, 15) is 9.59 Å². The maximum atomic E-state index is 11.9. The number of hydrogen-bond acceptors (Lipinski definition) is 5. The van der Waals surface area contributed by atoms with Crippen LogP contribution in [0.3, 0.4) is 0 Å². The normalized spacial score (nSPS) is 11.2. The minimum absolute atomic E-state index is 0.0507. The zero-order valence-electron chi connectivity index (χ0n) is 16.1. The summed E-state index contributed by atoms with van der Waals surface area (Å²) >= 11 is 0. The first-order chi connectivity index (χ1) is 13.3. The summed E-state index contributed by atoms with van der Waals surface area (Å²) in [5.74, 6) is -0.537. The molecule has 2 aromatic rings. The van der Waals surface area contributed by atoms with Crippen molar-refractivity contribution in [1.29, 1.82) is 0 Å². The molecule has 2 N–H and O–H groups in total. The first-order valence-corrected chi connectivity index (χ1v) is 8.74. The van der Waals surface area contributed by atoms with E-state index in [1.165, 1.54) is 11.8 Å². The Morgan fingerprint density at radius 2 is 1.71 bits per heavy atom. The van der Waals surface area contributed by atoms with Crippen molar-refractivity contribution in [3.63, 3.8) is 0 Å². The number of carbonyl (C=O) groups is 2. The van der Waals surface area contributed by atoms with Crippen molar-refractivity contribution in [3.05, 3.63) is 59.7 Å². The number of hydrogen-bond donors (Lipinski definition) is 2. The van der Waals surface area contributed by atoms with Crippen LogP contribution in [0.25, 0.3) is 0 Å². The van der Waals surface area contributed by atoms with E-state index < -0.39 is 18.5 Å². The number of carboxylic acids is 1. The standard InChI is InChI=1S/C21H24N2O5/c1-21(2,3)16-8-10-17(11-9-16)27-13-19(24)23-22-12-15-6-4-5-7-18(15)28-14-20(25)26/h4-12H,13-14H2,1-3H3,(H,23,24)(H,25,26). The first-order valence-electron chi connectivity index (χ1n) is 8.74. The molecule has 0 saturated heterocycles. The van der Waals surface area contributed by atoms with E-state index in [4.69, 9.17) is 14.6 Å². The number of rotatable bonds is 8. The van der Waals surface area contributed by atoms with Crippen LogP contribution in [-0.2, 0) is 15.0 Å². The highest BCUT2D eigenvalue weighted by atomic mass is 16.5. The summed E-state index contributed by atoms with van der Waals surface area (Å²) in [4.78, 5) is 22.5. The van der Waals surface area contributed by atoms with E-state index in [1.807, 2.05) is 24.3 Å². The Bertz CT molecular complexity index is 839. The molecule has 148 valence electrons. The molecule has 0 aliphatic rings. The van der Waals surface area contributed by atoms with Gasteiger partial charge in [0.1, 0.15) is 11.5 Å². The minimum Gasteiger partial charge on any atom is -0.484 e. The van der Waals surface area contributed by atoms with E-state index in [0.717, 1.165) is 0 Å². The predicted molar refractivity (Wildman–Crippen MR) is 106 cm³/mol. The van der Waals surface area contributed by atoms with E-state index in [1.54, 1.807) is 24.3 Å². The Morgan fingerprint density at radius 1 is 1.04 bits per heavy atom. The van der Waals surface area contributed by atoms with Crippen molar-refractivity contribution in [2.24, 2.45) is 5.10 Å². The molecule has 7 nitrogen and oxygen atoms in total. The molecule has 0 aliphatic carbocycles. The van der Waals surface area contributed by atoms with Gasteiger partial charge in [-0.25, -0.2) is 10.2 Å². The summed E-state index contributed by atoms with van der Waals surface area (Å²) < 4.78 is 10.6. The topological polar surface area (TPSA) is 97.2 Å². The lowest BCUT2D eigenvalue weighted by Gasteiger charge is -2.19. The van der Waals surface area contributed by atoms with Crippen LogP contribution in [0.15, 0.2) is 53.6 Å². The number of nitrogens with one attached hydrogen (secondary N) is 1. The number of benzene rings is 2. The van der Waals surface area contributed by atoms with Crippen LogP contribution in [-0.4, -0.2) is 36.4 Å². The van der Waals surface area contributed by atoms with Gasteiger partial charge in [0.25, 0.3) is 5.91 Å². The van der Waals surface area contributed by atoms with Crippen LogP contribution < -0.4 is 14.9 Å². The fourth-order valence-corrected chi connectivity index (χ4v) is 2.26. The molecule has 7 heteroatoms. The Balaban J connectivity index is 1.85. The molecule has 0 fully saturated rings. The molecule has 0 unspecified atom stereocenters. The van der Waals surface area contributed by atoms with Gasteiger partial charge in [-0.05, 0) is 35.2 Å². The Hall–Kier alpha value is -3.35. The van der Waals surface area contributed by atoms with Crippen LogP contribution in [0.1, 0.15) is 31.9 Å². The molecule has 0 spiro atoms. The maximum absolute atomic E-state index is 11.9. The molecule has 28 heavy (non-hydrogen) atoms. The molecule has 2 aromatic carbocycles. The summed E-state index contributed by atoms with van der Waals surface area (Å²) in [6.45, 7) is 5.74. The fourth-order valence-electron chi connectivity index (χ4n) is 2.26. The lowest BCUT2D eigenvalue weighted by Crippen LogP contribution is -2.24. The van der Waals surface area contributed by atoms with Crippen LogP contribution in [0.5, 0.6) is 11.5 Å². The minimum atomic E-state index is -1.08. The number of aliphatic carboxylic acids is 1. The zero-order chi connectivity index (χ0) is 20.6. The monoisotopic (exact) mass is 384 g/mol. The van der Waals surface area contributed by atoms with Crippen molar-refractivity contribution in [3.8, 4) is 11.5 Å². The summed E-state index contributed by atoms with van der Waals surface area (Å²) in [6.07, 6.45) is 1.38. The predicted octanol–water partition coefficient (Wildman–Crippen LogP) is 2.98. The number of ether oxygens (including phenoxy) is 2. The first kappa shape index (κ1) is 21.0. The van der Waals surface area contributed by atoms with Crippen molar-refractivity contribution in [2.45, 2.75) is 26.2 Å². The second-order valence-electron chi connectivity index (χ2n) is 7.08. The van der Waals surface area contributed by atoms with Gasteiger partial charge in [-0.1, -0.05) is 45.0 Å². The van der Waals surface area contributed by atoms with Crippen LogP contribution >= 0.6 is 0 Å². The summed E-state index contributed by atoms with van der Waals surface area (Å²) in [5.41, 5.74) is 4.14. The molecule has 0 aromatic heterocycles. The van der Waals surface area contributed by atoms with Gasteiger partial charge >= 0.3 is 5.97 Å². The highest BCUT2D eigenvalue weighted by Gasteiger charge is 2.13. The van der Waals surface area contributed by atoms with Gasteiger partial charge in [0.05, 0.1) is 6.21 Å². The molecule has 0 heterocycles. The quantitative estimate of drug-likeness (QED) is 0.539. The molecule has 1 amide bonds. The largest absolute Gasteiger partial charge is 0.484 e. The molecular formula is C21H24N2O5. The maximum Gasteiger partial charge on any atom is 0.341 e. The highest BCUT2D eigenvalue weighted by Crippen LogP contribution is 2.24.